The Morgan fingerprint density at radius 2 is 1.65 bits per heavy atom. The normalized spacial score (nSPS) is 11.7. The molecule has 1 N–H and O–H groups in total. The van der Waals surface area contributed by atoms with Crippen molar-refractivity contribution in [1.29, 1.82) is 0 Å². The Hall–Kier alpha value is -3.86. The summed E-state index contributed by atoms with van der Waals surface area (Å²) < 4.78 is 10.8. The van der Waals surface area contributed by atoms with Crippen LogP contribution in [0.4, 0.5) is 5.69 Å². The SMILES string of the molecule is COc1ccccc1/C=C/C(=O)O[C@@H](C(=O)Nc1cc(C)ccc1C)c1ccccc1. The molecule has 0 unspecified atom stereocenters. The van der Waals surface area contributed by atoms with Gasteiger partial charge < -0.3 is 14.8 Å². The minimum absolute atomic E-state index is 0.418. The van der Waals surface area contributed by atoms with Gasteiger partial charge in [-0.15, -0.1) is 0 Å². The summed E-state index contributed by atoms with van der Waals surface area (Å²) >= 11 is 0. The Balaban J connectivity index is 1.81. The van der Waals surface area contributed by atoms with Crippen LogP contribution >= 0.6 is 0 Å². The van der Waals surface area contributed by atoms with Gasteiger partial charge in [-0.1, -0.05) is 60.7 Å². The average Bonchev–Trinajstić information content (AvgIpc) is 2.79. The fourth-order valence-electron chi connectivity index (χ4n) is 3.09. The van der Waals surface area contributed by atoms with Crippen LogP contribution in [0, 0.1) is 13.8 Å². The van der Waals surface area contributed by atoms with Gasteiger partial charge in [-0.05, 0) is 43.2 Å². The Kier molecular flexibility index (Phi) is 7.22. The van der Waals surface area contributed by atoms with Crippen LogP contribution in [0.1, 0.15) is 28.4 Å². The van der Waals surface area contributed by atoms with Crippen molar-refractivity contribution in [2.45, 2.75) is 20.0 Å². The van der Waals surface area contributed by atoms with Crippen molar-refractivity contribution in [2.75, 3.05) is 12.4 Å². The molecule has 5 heteroatoms. The summed E-state index contributed by atoms with van der Waals surface area (Å²) in [4.78, 5) is 25.6. The molecule has 0 aliphatic carbocycles. The number of benzene rings is 3. The number of nitrogens with one attached hydrogen (secondary N) is 1. The van der Waals surface area contributed by atoms with Crippen LogP contribution in [0.25, 0.3) is 6.08 Å². The minimum atomic E-state index is -1.09. The Morgan fingerprint density at radius 3 is 2.39 bits per heavy atom. The summed E-state index contributed by atoms with van der Waals surface area (Å²) in [5, 5.41) is 2.89. The summed E-state index contributed by atoms with van der Waals surface area (Å²) in [7, 11) is 1.56. The van der Waals surface area contributed by atoms with E-state index in [0.717, 1.165) is 16.7 Å². The number of methoxy groups -OCH3 is 1. The Labute approximate surface area is 182 Å². The number of hydrogen-bond acceptors (Lipinski definition) is 4. The Bertz CT molecular complexity index is 1090. The van der Waals surface area contributed by atoms with E-state index in [1.807, 2.05) is 56.3 Å². The van der Waals surface area contributed by atoms with E-state index < -0.39 is 18.0 Å². The molecular weight excluding hydrogens is 390 g/mol. The van der Waals surface area contributed by atoms with Crippen molar-refractivity contribution in [3.63, 3.8) is 0 Å². The van der Waals surface area contributed by atoms with Crippen molar-refractivity contribution in [3.8, 4) is 5.75 Å². The van der Waals surface area contributed by atoms with Gasteiger partial charge in [-0.3, -0.25) is 4.79 Å². The molecule has 0 saturated heterocycles. The first kappa shape index (κ1) is 21.8. The van der Waals surface area contributed by atoms with Gasteiger partial charge in [0.2, 0.25) is 6.10 Å². The number of rotatable bonds is 7. The molecule has 0 bridgehead atoms. The molecule has 1 atom stereocenters. The third kappa shape index (κ3) is 5.82. The first-order chi connectivity index (χ1) is 15.0. The van der Waals surface area contributed by atoms with E-state index >= 15 is 0 Å². The average molecular weight is 415 g/mol. The van der Waals surface area contributed by atoms with E-state index in [9.17, 15) is 9.59 Å². The number of para-hydroxylation sites is 1. The quantitative estimate of drug-likeness (QED) is 0.423. The van der Waals surface area contributed by atoms with Crippen LogP contribution in [0.3, 0.4) is 0 Å². The number of amides is 1. The van der Waals surface area contributed by atoms with Gasteiger partial charge in [0, 0.05) is 22.9 Å². The lowest BCUT2D eigenvalue weighted by Crippen LogP contribution is -2.25. The molecule has 5 nitrogen and oxygen atoms in total. The molecule has 3 rings (SSSR count). The monoisotopic (exact) mass is 415 g/mol. The summed E-state index contributed by atoms with van der Waals surface area (Å²) in [5.74, 6) is -0.409. The summed E-state index contributed by atoms with van der Waals surface area (Å²) in [5.41, 5.74) is 3.95. The highest BCUT2D eigenvalue weighted by Gasteiger charge is 2.24. The van der Waals surface area contributed by atoms with Crippen LogP contribution in [-0.2, 0) is 14.3 Å². The molecule has 3 aromatic carbocycles. The predicted molar refractivity (Wildman–Crippen MR) is 122 cm³/mol. The van der Waals surface area contributed by atoms with E-state index in [-0.39, 0.29) is 0 Å². The number of aryl methyl sites for hydroxylation is 2. The molecule has 0 spiro atoms. The smallest absolute Gasteiger partial charge is 0.331 e. The number of carbonyl (C=O) groups is 2. The fraction of sp³-hybridized carbons (Fsp3) is 0.154. The van der Waals surface area contributed by atoms with Crippen LogP contribution in [-0.4, -0.2) is 19.0 Å². The highest BCUT2D eigenvalue weighted by Crippen LogP contribution is 2.24. The third-order valence-electron chi connectivity index (χ3n) is 4.76. The largest absolute Gasteiger partial charge is 0.496 e. The van der Waals surface area contributed by atoms with Crippen LogP contribution in [0.2, 0.25) is 0 Å². The van der Waals surface area contributed by atoms with Crippen molar-refractivity contribution in [3.05, 3.63) is 101 Å². The summed E-state index contributed by atoms with van der Waals surface area (Å²) in [6, 6.07) is 22.1. The van der Waals surface area contributed by atoms with Gasteiger partial charge in [-0.25, -0.2) is 4.79 Å². The van der Waals surface area contributed by atoms with Crippen molar-refractivity contribution < 1.29 is 19.1 Å². The zero-order valence-corrected chi connectivity index (χ0v) is 17.8. The summed E-state index contributed by atoms with van der Waals surface area (Å²) in [6.45, 7) is 3.86. The minimum Gasteiger partial charge on any atom is -0.496 e. The summed E-state index contributed by atoms with van der Waals surface area (Å²) in [6.07, 6.45) is 1.81. The van der Waals surface area contributed by atoms with E-state index in [1.165, 1.54) is 6.08 Å². The number of esters is 1. The molecule has 158 valence electrons. The van der Waals surface area contributed by atoms with Crippen molar-refractivity contribution >= 4 is 23.6 Å². The fourth-order valence-corrected chi connectivity index (χ4v) is 3.09. The van der Waals surface area contributed by atoms with Gasteiger partial charge in [0.1, 0.15) is 5.75 Å². The van der Waals surface area contributed by atoms with Crippen LogP contribution < -0.4 is 10.1 Å². The number of carbonyl (C=O) groups excluding carboxylic acids is 2. The van der Waals surface area contributed by atoms with Crippen LogP contribution in [0.15, 0.2) is 78.9 Å². The van der Waals surface area contributed by atoms with Gasteiger partial charge in [-0.2, -0.15) is 0 Å². The molecule has 0 aliphatic heterocycles. The lowest BCUT2D eigenvalue weighted by atomic mass is 10.1. The van der Waals surface area contributed by atoms with Gasteiger partial charge in [0.15, 0.2) is 0 Å². The van der Waals surface area contributed by atoms with Gasteiger partial charge in [0.05, 0.1) is 7.11 Å². The Morgan fingerprint density at radius 1 is 0.935 bits per heavy atom. The van der Waals surface area contributed by atoms with Crippen molar-refractivity contribution in [1.82, 2.24) is 0 Å². The second-order valence-electron chi connectivity index (χ2n) is 7.11. The van der Waals surface area contributed by atoms with E-state index in [1.54, 1.807) is 43.5 Å². The zero-order valence-electron chi connectivity index (χ0n) is 17.8. The molecular formula is C26H25NO4. The number of ether oxygens (including phenoxy) is 2. The zero-order chi connectivity index (χ0) is 22.2. The topological polar surface area (TPSA) is 64.6 Å². The maximum Gasteiger partial charge on any atom is 0.331 e. The molecule has 3 aromatic rings. The molecule has 0 heterocycles. The second-order valence-corrected chi connectivity index (χ2v) is 7.11. The number of hydrogen-bond donors (Lipinski definition) is 1. The number of anilines is 1. The van der Waals surface area contributed by atoms with E-state index in [0.29, 0.717) is 17.0 Å². The predicted octanol–water partition coefficient (Wildman–Crippen LogP) is 5.25. The van der Waals surface area contributed by atoms with E-state index in [2.05, 4.69) is 5.32 Å². The van der Waals surface area contributed by atoms with Crippen LogP contribution in [0.5, 0.6) is 5.75 Å². The molecule has 0 aliphatic rings. The molecule has 0 fully saturated rings. The highest BCUT2D eigenvalue weighted by molar-refractivity contribution is 5.98. The standard InChI is InChI=1S/C26H25NO4/c1-18-13-14-19(2)22(17-18)27-26(29)25(21-10-5-4-6-11-21)31-24(28)16-15-20-9-7-8-12-23(20)30-3/h4-17,25H,1-3H3,(H,27,29)/b16-15+/t25-/m1/s1. The van der Waals surface area contributed by atoms with E-state index in [4.69, 9.17) is 9.47 Å². The maximum absolute atomic E-state index is 13.1. The molecule has 0 radical (unpaired) electrons. The van der Waals surface area contributed by atoms with Crippen molar-refractivity contribution in [2.24, 2.45) is 0 Å². The van der Waals surface area contributed by atoms with Gasteiger partial charge >= 0.3 is 5.97 Å². The first-order valence-corrected chi connectivity index (χ1v) is 9.92. The molecule has 0 saturated carbocycles. The maximum atomic E-state index is 13.1. The molecule has 1 amide bonds. The second kappa shape index (κ2) is 10.3. The third-order valence-corrected chi connectivity index (χ3v) is 4.76. The molecule has 31 heavy (non-hydrogen) atoms. The molecule has 0 aromatic heterocycles. The van der Waals surface area contributed by atoms with Gasteiger partial charge in [0.25, 0.3) is 5.91 Å². The lowest BCUT2D eigenvalue weighted by Gasteiger charge is -2.18. The highest BCUT2D eigenvalue weighted by atomic mass is 16.5. The first-order valence-electron chi connectivity index (χ1n) is 9.92. The lowest BCUT2D eigenvalue weighted by molar-refractivity contribution is -0.149.